The SMILES string of the molecule is Cc1cc(NC(=O)COC(=O)C(C)N2C(=O)c3ccccc3C2=O)c([N+](=O)[O-])cc1C. The van der Waals surface area contributed by atoms with Gasteiger partial charge >= 0.3 is 5.97 Å². The van der Waals surface area contributed by atoms with Crippen LogP contribution in [0.5, 0.6) is 0 Å². The smallest absolute Gasteiger partial charge is 0.329 e. The van der Waals surface area contributed by atoms with Crippen molar-refractivity contribution in [1.82, 2.24) is 4.90 Å². The maximum absolute atomic E-state index is 12.4. The molecule has 3 amide bonds. The Morgan fingerprint density at radius 1 is 1.10 bits per heavy atom. The van der Waals surface area contributed by atoms with Crippen LogP contribution in [0.15, 0.2) is 36.4 Å². The predicted octanol–water partition coefficient (Wildman–Crippen LogP) is 2.38. The van der Waals surface area contributed by atoms with Crippen molar-refractivity contribution in [2.24, 2.45) is 0 Å². The Morgan fingerprint density at radius 3 is 2.19 bits per heavy atom. The van der Waals surface area contributed by atoms with Gasteiger partial charge < -0.3 is 10.1 Å². The Bertz CT molecular complexity index is 1090. The third-order valence-electron chi connectivity index (χ3n) is 4.98. The Hall–Kier alpha value is -4.08. The van der Waals surface area contributed by atoms with E-state index < -0.39 is 41.3 Å². The van der Waals surface area contributed by atoms with Gasteiger partial charge in [-0.25, -0.2) is 4.79 Å². The van der Waals surface area contributed by atoms with Crippen LogP contribution in [0.4, 0.5) is 11.4 Å². The number of hydrogen-bond donors (Lipinski definition) is 1. The molecular weight excluding hydrogens is 406 g/mol. The quantitative estimate of drug-likeness (QED) is 0.325. The first kappa shape index (κ1) is 21.6. The van der Waals surface area contributed by atoms with E-state index in [0.717, 1.165) is 10.5 Å². The number of nitrogens with one attached hydrogen (secondary N) is 1. The zero-order valence-corrected chi connectivity index (χ0v) is 17.0. The summed E-state index contributed by atoms with van der Waals surface area (Å²) in [5.74, 6) is -3.01. The minimum absolute atomic E-state index is 0.0254. The summed E-state index contributed by atoms with van der Waals surface area (Å²) in [6.45, 7) is 4.02. The molecule has 0 aromatic heterocycles. The number of amides is 3. The van der Waals surface area contributed by atoms with Crippen molar-refractivity contribution in [2.75, 3.05) is 11.9 Å². The van der Waals surface area contributed by atoms with E-state index in [1.165, 1.54) is 31.2 Å². The maximum atomic E-state index is 12.4. The molecule has 31 heavy (non-hydrogen) atoms. The molecule has 0 saturated heterocycles. The van der Waals surface area contributed by atoms with Gasteiger partial charge in [0.25, 0.3) is 23.4 Å². The number of rotatable bonds is 6. The van der Waals surface area contributed by atoms with Gasteiger partial charge in [-0.3, -0.25) is 29.4 Å². The van der Waals surface area contributed by atoms with E-state index in [4.69, 9.17) is 4.74 Å². The third kappa shape index (κ3) is 4.13. The Morgan fingerprint density at radius 2 is 1.65 bits per heavy atom. The first-order chi connectivity index (χ1) is 14.6. The Kier molecular flexibility index (Phi) is 5.82. The summed E-state index contributed by atoms with van der Waals surface area (Å²) in [6, 6.07) is 7.71. The molecule has 10 nitrogen and oxygen atoms in total. The van der Waals surface area contributed by atoms with Crippen LogP contribution in [-0.4, -0.2) is 46.2 Å². The lowest BCUT2D eigenvalue weighted by Gasteiger charge is -2.20. The molecule has 1 heterocycles. The van der Waals surface area contributed by atoms with Crippen LogP contribution >= 0.6 is 0 Å². The fraction of sp³-hybridized carbons (Fsp3) is 0.238. The van der Waals surface area contributed by atoms with Crippen molar-refractivity contribution in [2.45, 2.75) is 26.8 Å². The molecule has 3 rings (SSSR count). The molecule has 2 aromatic carbocycles. The molecule has 0 saturated carbocycles. The molecule has 160 valence electrons. The Labute approximate surface area is 176 Å². The fourth-order valence-electron chi connectivity index (χ4n) is 3.16. The van der Waals surface area contributed by atoms with Crippen molar-refractivity contribution in [3.63, 3.8) is 0 Å². The molecule has 1 aliphatic heterocycles. The van der Waals surface area contributed by atoms with Crippen LogP contribution in [0.3, 0.4) is 0 Å². The van der Waals surface area contributed by atoms with E-state index in [2.05, 4.69) is 5.32 Å². The number of benzene rings is 2. The number of aryl methyl sites for hydroxylation is 2. The number of fused-ring (bicyclic) bond motifs is 1. The first-order valence-corrected chi connectivity index (χ1v) is 9.31. The molecule has 0 aliphatic carbocycles. The zero-order chi connectivity index (χ0) is 22.9. The minimum Gasteiger partial charge on any atom is -0.454 e. The van der Waals surface area contributed by atoms with E-state index >= 15 is 0 Å². The number of hydrogen-bond acceptors (Lipinski definition) is 7. The second-order valence-electron chi connectivity index (χ2n) is 7.07. The number of esters is 1. The predicted molar refractivity (Wildman–Crippen MR) is 109 cm³/mol. The normalized spacial score (nSPS) is 13.6. The second-order valence-corrected chi connectivity index (χ2v) is 7.07. The molecule has 1 N–H and O–H groups in total. The van der Waals surface area contributed by atoms with Crippen molar-refractivity contribution in [1.29, 1.82) is 0 Å². The first-order valence-electron chi connectivity index (χ1n) is 9.31. The lowest BCUT2D eigenvalue weighted by atomic mass is 10.1. The molecule has 10 heteroatoms. The molecule has 0 bridgehead atoms. The number of nitro benzene ring substituents is 1. The minimum atomic E-state index is -1.25. The van der Waals surface area contributed by atoms with Gasteiger partial charge in [-0.2, -0.15) is 0 Å². The summed E-state index contributed by atoms with van der Waals surface area (Å²) in [5.41, 5.74) is 1.48. The highest BCUT2D eigenvalue weighted by molar-refractivity contribution is 6.22. The molecule has 1 unspecified atom stereocenters. The van der Waals surface area contributed by atoms with Gasteiger partial charge in [0.05, 0.1) is 16.1 Å². The molecule has 0 radical (unpaired) electrons. The van der Waals surface area contributed by atoms with Gasteiger partial charge in [0.1, 0.15) is 11.7 Å². The van der Waals surface area contributed by atoms with Gasteiger partial charge in [-0.15, -0.1) is 0 Å². The molecule has 0 fully saturated rings. The molecule has 1 aliphatic rings. The van der Waals surface area contributed by atoms with E-state index in [0.29, 0.717) is 5.56 Å². The molecule has 1 atom stereocenters. The van der Waals surface area contributed by atoms with Gasteiger partial charge in [-0.05, 0) is 50.1 Å². The van der Waals surface area contributed by atoms with Crippen molar-refractivity contribution < 1.29 is 28.8 Å². The number of anilines is 1. The highest BCUT2D eigenvalue weighted by atomic mass is 16.6. The van der Waals surface area contributed by atoms with Gasteiger partial charge in [-0.1, -0.05) is 12.1 Å². The monoisotopic (exact) mass is 425 g/mol. The van der Waals surface area contributed by atoms with Gasteiger partial charge in [0.2, 0.25) is 0 Å². The average Bonchev–Trinajstić information content (AvgIpc) is 2.98. The standard InChI is InChI=1S/C21H19N3O7/c1-11-8-16(17(24(29)30)9-12(11)2)22-18(25)10-31-21(28)13(3)23-19(26)14-6-4-5-7-15(14)20(23)27/h4-9,13H,10H2,1-3H3,(H,22,25). The highest BCUT2D eigenvalue weighted by Crippen LogP contribution is 2.28. The highest BCUT2D eigenvalue weighted by Gasteiger charge is 2.41. The summed E-state index contributed by atoms with van der Waals surface area (Å²) < 4.78 is 4.93. The van der Waals surface area contributed by atoms with Crippen molar-refractivity contribution in [3.8, 4) is 0 Å². The van der Waals surface area contributed by atoms with E-state index in [1.807, 2.05) is 0 Å². The zero-order valence-electron chi connectivity index (χ0n) is 17.0. The van der Waals surface area contributed by atoms with Gasteiger partial charge in [0.15, 0.2) is 6.61 Å². The summed E-state index contributed by atoms with van der Waals surface area (Å²) >= 11 is 0. The number of imide groups is 1. The van der Waals surface area contributed by atoms with Crippen LogP contribution in [0.25, 0.3) is 0 Å². The van der Waals surface area contributed by atoms with Crippen LogP contribution in [0.1, 0.15) is 38.8 Å². The summed E-state index contributed by atoms with van der Waals surface area (Å²) in [6.07, 6.45) is 0. The summed E-state index contributed by atoms with van der Waals surface area (Å²) in [7, 11) is 0. The molecule has 0 spiro atoms. The number of nitro groups is 1. The topological polar surface area (TPSA) is 136 Å². The van der Waals surface area contributed by atoms with Crippen molar-refractivity contribution in [3.05, 3.63) is 68.8 Å². The van der Waals surface area contributed by atoms with Crippen LogP contribution in [0, 0.1) is 24.0 Å². The molecule has 2 aromatic rings. The average molecular weight is 425 g/mol. The van der Waals surface area contributed by atoms with E-state index in [1.54, 1.807) is 26.0 Å². The molecular formula is C21H19N3O7. The summed E-state index contributed by atoms with van der Waals surface area (Å²) in [4.78, 5) is 60.8. The summed E-state index contributed by atoms with van der Waals surface area (Å²) in [5, 5.41) is 13.6. The van der Waals surface area contributed by atoms with Crippen molar-refractivity contribution >= 4 is 35.1 Å². The second kappa shape index (κ2) is 8.34. The maximum Gasteiger partial charge on any atom is 0.329 e. The number of ether oxygens (including phenoxy) is 1. The number of carbonyl (C=O) groups excluding carboxylic acids is 4. The van der Waals surface area contributed by atoms with Crippen LogP contribution in [-0.2, 0) is 14.3 Å². The Balaban J connectivity index is 1.65. The lowest BCUT2D eigenvalue weighted by molar-refractivity contribution is -0.384. The lowest BCUT2D eigenvalue weighted by Crippen LogP contribution is -2.44. The van der Waals surface area contributed by atoms with Crippen LogP contribution in [0.2, 0.25) is 0 Å². The van der Waals surface area contributed by atoms with Gasteiger partial charge in [0, 0.05) is 6.07 Å². The van der Waals surface area contributed by atoms with E-state index in [9.17, 15) is 29.3 Å². The number of carbonyl (C=O) groups is 4. The third-order valence-corrected chi connectivity index (χ3v) is 4.98. The van der Waals surface area contributed by atoms with E-state index in [-0.39, 0.29) is 22.5 Å². The van der Waals surface area contributed by atoms with Crippen LogP contribution < -0.4 is 5.32 Å². The largest absolute Gasteiger partial charge is 0.454 e. The fourth-order valence-corrected chi connectivity index (χ4v) is 3.16. The number of nitrogens with zero attached hydrogens (tertiary/aromatic N) is 2.